The lowest BCUT2D eigenvalue weighted by molar-refractivity contribution is -0.134. The predicted molar refractivity (Wildman–Crippen MR) is 79.4 cm³/mol. The van der Waals surface area contributed by atoms with Crippen molar-refractivity contribution in [1.82, 2.24) is 10.6 Å². The molecule has 1 aliphatic rings. The number of rotatable bonds is 5. The van der Waals surface area contributed by atoms with Gasteiger partial charge in [-0.1, -0.05) is 13.3 Å². The lowest BCUT2D eigenvalue weighted by Crippen LogP contribution is -2.48. The van der Waals surface area contributed by atoms with E-state index in [2.05, 4.69) is 17.6 Å². The molecule has 1 aliphatic heterocycles. The molecule has 1 fully saturated rings. The SMILES string of the molecule is CCCC1(C(=O)NC(C)c2ccc(C)o2)CCNCC1. The van der Waals surface area contributed by atoms with Crippen molar-refractivity contribution in [2.24, 2.45) is 5.41 Å². The summed E-state index contributed by atoms with van der Waals surface area (Å²) in [4.78, 5) is 12.7. The molecule has 1 atom stereocenters. The molecule has 2 N–H and O–H groups in total. The molecule has 0 saturated carbocycles. The van der Waals surface area contributed by atoms with Gasteiger partial charge in [0.25, 0.3) is 0 Å². The Bertz CT molecular complexity index is 442. The molecule has 2 heterocycles. The van der Waals surface area contributed by atoms with Crippen LogP contribution in [0.4, 0.5) is 0 Å². The number of furan rings is 1. The van der Waals surface area contributed by atoms with Crippen molar-refractivity contribution in [3.63, 3.8) is 0 Å². The molecule has 1 saturated heterocycles. The number of piperidine rings is 1. The maximum Gasteiger partial charge on any atom is 0.226 e. The summed E-state index contributed by atoms with van der Waals surface area (Å²) in [6.07, 6.45) is 3.86. The van der Waals surface area contributed by atoms with Crippen molar-refractivity contribution in [2.45, 2.75) is 52.5 Å². The number of hydrogen-bond acceptors (Lipinski definition) is 3. The van der Waals surface area contributed by atoms with Crippen LogP contribution < -0.4 is 10.6 Å². The number of amides is 1. The van der Waals surface area contributed by atoms with Crippen molar-refractivity contribution in [2.75, 3.05) is 13.1 Å². The zero-order valence-corrected chi connectivity index (χ0v) is 12.8. The van der Waals surface area contributed by atoms with Gasteiger partial charge in [0.15, 0.2) is 0 Å². The van der Waals surface area contributed by atoms with E-state index in [0.717, 1.165) is 50.3 Å². The van der Waals surface area contributed by atoms with Gasteiger partial charge in [0.1, 0.15) is 11.5 Å². The second-order valence-electron chi connectivity index (χ2n) is 5.92. The van der Waals surface area contributed by atoms with Gasteiger partial charge in [0.05, 0.1) is 11.5 Å². The van der Waals surface area contributed by atoms with Crippen LogP contribution in [0.1, 0.15) is 57.1 Å². The third-order valence-corrected chi connectivity index (χ3v) is 4.31. The van der Waals surface area contributed by atoms with Crippen LogP contribution in [0.3, 0.4) is 0 Å². The summed E-state index contributed by atoms with van der Waals surface area (Å²) < 4.78 is 5.60. The molecule has 20 heavy (non-hydrogen) atoms. The molecule has 0 aromatic carbocycles. The van der Waals surface area contributed by atoms with Gasteiger partial charge in [-0.15, -0.1) is 0 Å². The second-order valence-corrected chi connectivity index (χ2v) is 5.92. The summed E-state index contributed by atoms with van der Waals surface area (Å²) in [6, 6.07) is 3.80. The molecular formula is C16H26N2O2. The average molecular weight is 278 g/mol. The topological polar surface area (TPSA) is 54.3 Å². The summed E-state index contributed by atoms with van der Waals surface area (Å²) in [5.41, 5.74) is -0.199. The smallest absolute Gasteiger partial charge is 0.226 e. The third kappa shape index (κ3) is 3.23. The number of nitrogens with one attached hydrogen (secondary N) is 2. The minimum absolute atomic E-state index is 0.0696. The summed E-state index contributed by atoms with van der Waals surface area (Å²) in [5, 5.41) is 6.49. The van der Waals surface area contributed by atoms with E-state index in [1.165, 1.54) is 0 Å². The van der Waals surface area contributed by atoms with Gasteiger partial charge >= 0.3 is 0 Å². The van der Waals surface area contributed by atoms with Crippen LogP contribution in [-0.2, 0) is 4.79 Å². The summed E-state index contributed by atoms with van der Waals surface area (Å²) in [7, 11) is 0. The molecule has 1 aromatic heterocycles. The monoisotopic (exact) mass is 278 g/mol. The first kappa shape index (κ1) is 15.1. The zero-order chi connectivity index (χ0) is 14.6. The number of carbonyl (C=O) groups excluding carboxylic acids is 1. The Labute approximate surface area is 121 Å². The Balaban J connectivity index is 2.04. The Hall–Kier alpha value is -1.29. The van der Waals surface area contributed by atoms with E-state index in [4.69, 9.17) is 4.42 Å². The van der Waals surface area contributed by atoms with Crippen molar-refractivity contribution in [1.29, 1.82) is 0 Å². The van der Waals surface area contributed by atoms with E-state index >= 15 is 0 Å². The van der Waals surface area contributed by atoms with Crippen LogP contribution in [-0.4, -0.2) is 19.0 Å². The number of aryl methyl sites for hydroxylation is 1. The minimum Gasteiger partial charge on any atom is -0.464 e. The van der Waals surface area contributed by atoms with E-state index in [-0.39, 0.29) is 17.4 Å². The fraction of sp³-hybridized carbons (Fsp3) is 0.688. The molecule has 1 amide bonds. The van der Waals surface area contributed by atoms with Gasteiger partial charge in [-0.2, -0.15) is 0 Å². The molecule has 0 radical (unpaired) electrons. The molecule has 1 unspecified atom stereocenters. The van der Waals surface area contributed by atoms with Gasteiger partial charge in [-0.3, -0.25) is 4.79 Å². The van der Waals surface area contributed by atoms with Crippen LogP contribution in [0.25, 0.3) is 0 Å². The quantitative estimate of drug-likeness (QED) is 0.870. The van der Waals surface area contributed by atoms with E-state index in [1.807, 2.05) is 26.0 Å². The van der Waals surface area contributed by atoms with Gasteiger partial charge in [-0.05, 0) is 58.3 Å². The maximum absolute atomic E-state index is 12.7. The Morgan fingerprint density at radius 1 is 1.45 bits per heavy atom. The zero-order valence-electron chi connectivity index (χ0n) is 12.8. The maximum atomic E-state index is 12.7. The highest BCUT2D eigenvalue weighted by atomic mass is 16.3. The van der Waals surface area contributed by atoms with Gasteiger partial charge < -0.3 is 15.1 Å². The second kappa shape index (κ2) is 6.44. The first-order chi connectivity index (χ1) is 9.57. The Morgan fingerprint density at radius 3 is 2.70 bits per heavy atom. The van der Waals surface area contributed by atoms with Crippen LogP contribution >= 0.6 is 0 Å². The summed E-state index contributed by atoms with van der Waals surface area (Å²) >= 11 is 0. The fourth-order valence-electron chi connectivity index (χ4n) is 3.08. The highest BCUT2D eigenvalue weighted by molar-refractivity contribution is 5.83. The van der Waals surface area contributed by atoms with Gasteiger partial charge in [0.2, 0.25) is 5.91 Å². The molecule has 0 aliphatic carbocycles. The van der Waals surface area contributed by atoms with Gasteiger partial charge in [-0.25, -0.2) is 0 Å². The van der Waals surface area contributed by atoms with Crippen molar-refractivity contribution in [3.8, 4) is 0 Å². The summed E-state index contributed by atoms with van der Waals surface area (Å²) in [6.45, 7) is 7.92. The van der Waals surface area contributed by atoms with Crippen molar-refractivity contribution in [3.05, 3.63) is 23.7 Å². The normalized spacial score (nSPS) is 19.6. The van der Waals surface area contributed by atoms with E-state index in [1.54, 1.807) is 0 Å². The molecule has 4 heteroatoms. The van der Waals surface area contributed by atoms with E-state index < -0.39 is 0 Å². The lowest BCUT2D eigenvalue weighted by Gasteiger charge is -2.36. The van der Waals surface area contributed by atoms with Crippen molar-refractivity contribution < 1.29 is 9.21 Å². The summed E-state index contributed by atoms with van der Waals surface area (Å²) in [5.74, 6) is 1.89. The predicted octanol–water partition coefficient (Wildman–Crippen LogP) is 2.94. The molecule has 112 valence electrons. The van der Waals surface area contributed by atoms with Crippen LogP contribution in [0.2, 0.25) is 0 Å². The Morgan fingerprint density at radius 2 is 2.15 bits per heavy atom. The fourth-order valence-corrected chi connectivity index (χ4v) is 3.08. The first-order valence-corrected chi connectivity index (χ1v) is 7.65. The van der Waals surface area contributed by atoms with Crippen LogP contribution in [0.5, 0.6) is 0 Å². The average Bonchev–Trinajstić information content (AvgIpc) is 2.87. The molecule has 0 bridgehead atoms. The van der Waals surface area contributed by atoms with Gasteiger partial charge in [0, 0.05) is 0 Å². The number of hydrogen-bond donors (Lipinski definition) is 2. The lowest BCUT2D eigenvalue weighted by atomic mass is 9.74. The molecule has 0 spiro atoms. The Kier molecular flexibility index (Phi) is 4.86. The van der Waals surface area contributed by atoms with E-state index in [0.29, 0.717) is 0 Å². The molecule has 4 nitrogen and oxygen atoms in total. The minimum atomic E-state index is -0.199. The number of carbonyl (C=O) groups is 1. The van der Waals surface area contributed by atoms with Crippen molar-refractivity contribution >= 4 is 5.91 Å². The third-order valence-electron chi connectivity index (χ3n) is 4.31. The van der Waals surface area contributed by atoms with Crippen LogP contribution in [0.15, 0.2) is 16.5 Å². The highest BCUT2D eigenvalue weighted by Gasteiger charge is 2.39. The highest BCUT2D eigenvalue weighted by Crippen LogP contribution is 2.35. The molecular weight excluding hydrogens is 252 g/mol. The molecule has 2 rings (SSSR count). The molecule has 1 aromatic rings. The first-order valence-electron chi connectivity index (χ1n) is 7.65. The van der Waals surface area contributed by atoms with Crippen LogP contribution in [0, 0.1) is 12.3 Å². The van der Waals surface area contributed by atoms with E-state index in [9.17, 15) is 4.79 Å². The largest absolute Gasteiger partial charge is 0.464 e. The standard InChI is InChI=1S/C16H26N2O2/c1-4-7-16(8-10-17-11-9-16)15(19)18-13(3)14-6-5-12(2)20-14/h5-6,13,17H,4,7-11H2,1-3H3,(H,18,19).